The van der Waals surface area contributed by atoms with Crippen LogP contribution in [0.4, 0.5) is 0 Å². The van der Waals surface area contributed by atoms with Gasteiger partial charge < -0.3 is 8.83 Å². The molecule has 260 valence electrons. The van der Waals surface area contributed by atoms with Gasteiger partial charge in [0, 0.05) is 27.1 Å². The Kier molecular flexibility index (Phi) is 6.66. The molecule has 0 fully saturated rings. The molecule has 0 saturated carbocycles. The van der Waals surface area contributed by atoms with Crippen molar-refractivity contribution in [3.8, 4) is 44.5 Å². The number of para-hydroxylation sites is 2. The molecule has 0 amide bonds. The van der Waals surface area contributed by atoms with Crippen LogP contribution in [0.3, 0.4) is 0 Å². The van der Waals surface area contributed by atoms with Crippen molar-refractivity contribution >= 4 is 76.2 Å². The number of fused-ring (bicyclic) bond motifs is 9. The first-order valence-corrected chi connectivity index (χ1v) is 19.2. The fraction of sp³-hybridized carbons (Fsp3) is 0. The largest absolute Gasteiger partial charge is 0.456 e. The molecule has 2 nitrogen and oxygen atoms in total. The van der Waals surface area contributed by atoms with E-state index in [0.717, 1.165) is 66.1 Å². The van der Waals surface area contributed by atoms with Crippen molar-refractivity contribution < 1.29 is 8.83 Å². The van der Waals surface area contributed by atoms with Crippen molar-refractivity contribution in [1.82, 2.24) is 0 Å². The monoisotopic (exact) mass is 712 g/mol. The van der Waals surface area contributed by atoms with Crippen molar-refractivity contribution in [2.24, 2.45) is 0 Å². The Hall–Kier alpha value is -7.42. The third-order valence-corrected chi connectivity index (χ3v) is 11.7. The number of furan rings is 2. The standard InChI is InChI=1S/C54H32O2/c1-2-12-36-31-37(26-21-33(36)11-1)52-43-16-5-3-14-41(43)51(42-15-4-6-17-44(42)52)35-24-22-34(23-25-35)39-28-30-50-54(45-18-8-10-20-48(45)56-50)53(39)38-27-29-49-46(32-38)40-13-7-9-19-47(40)55-49/h1-32H. The van der Waals surface area contributed by atoms with E-state index in [-0.39, 0.29) is 0 Å². The normalized spacial score (nSPS) is 11.9. The first-order valence-electron chi connectivity index (χ1n) is 19.2. The Balaban J connectivity index is 1.07. The lowest BCUT2D eigenvalue weighted by atomic mass is 9.85. The summed E-state index contributed by atoms with van der Waals surface area (Å²) >= 11 is 0. The third kappa shape index (κ3) is 4.63. The fourth-order valence-electron chi connectivity index (χ4n) is 9.15. The summed E-state index contributed by atoms with van der Waals surface area (Å²) in [5.74, 6) is 0. The van der Waals surface area contributed by atoms with E-state index in [1.165, 1.54) is 54.6 Å². The lowest BCUT2D eigenvalue weighted by molar-refractivity contribution is 0.669. The number of rotatable bonds is 4. The summed E-state index contributed by atoms with van der Waals surface area (Å²) < 4.78 is 12.7. The van der Waals surface area contributed by atoms with Gasteiger partial charge in [0.15, 0.2) is 0 Å². The summed E-state index contributed by atoms with van der Waals surface area (Å²) in [6.07, 6.45) is 0. The maximum Gasteiger partial charge on any atom is 0.136 e. The van der Waals surface area contributed by atoms with Gasteiger partial charge in [-0.3, -0.25) is 0 Å². The van der Waals surface area contributed by atoms with Crippen LogP contribution in [0, 0.1) is 0 Å². The van der Waals surface area contributed by atoms with Gasteiger partial charge in [0.1, 0.15) is 22.3 Å². The van der Waals surface area contributed by atoms with Crippen LogP contribution in [0.2, 0.25) is 0 Å². The molecule has 2 heterocycles. The molecule has 10 aromatic carbocycles. The zero-order valence-electron chi connectivity index (χ0n) is 30.3. The van der Waals surface area contributed by atoms with E-state index in [0.29, 0.717) is 0 Å². The lowest BCUT2D eigenvalue weighted by Crippen LogP contribution is -1.91. The lowest BCUT2D eigenvalue weighted by Gasteiger charge is -2.18. The van der Waals surface area contributed by atoms with E-state index < -0.39 is 0 Å². The minimum atomic E-state index is 0.878. The second-order valence-corrected chi connectivity index (χ2v) is 14.7. The average molecular weight is 713 g/mol. The van der Waals surface area contributed by atoms with Gasteiger partial charge in [0.25, 0.3) is 0 Å². The Labute approximate surface area is 322 Å². The maximum absolute atomic E-state index is 6.45. The molecule has 0 atom stereocenters. The summed E-state index contributed by atoms with van der Waals surface area (Å²) in [5, 5.41) is 11.9. The summed E-state index contributed by atoms with van der Waals surface area (Å²) in [6.45, 7) is 0. The molecule has 0 aliphatic heterocycles. The van der Waals surface area contributed by atoms with E-state index in [2.05, 4.69) is 176 Å². The van der Waals surface area contributed by atoms with Crippen molar-refractivity contribution in [3.05, 3.63) is 194 Å². The van der Waals surface area contributed by atoms with E-state index >= 15 is 0 Å². The zero-order valence-corrected chi connectivity index (χ0v) is 30.3. The van der Waals surface area contributed by atoms with Crippen molar-refractivity contribution in [3.63, 3.8) is 0 Å². The number of hydrogen-bond donors (Lipinski definition) is 0. The fourth-order valence-corrected chi connectivity index (χ4v) is 9.15. The number of benzene rings is 10. The SMILES string of the molecule is c1ccc2cc(-c3c4ccccc4c(-c4ccc(-c5ccc6oc7ccccc7c6c5-c5ccc6oc7ccccc7c6c5)cc4)c4ccccc34)ccc2c1. The highest BCUT2D eigenvalue weighted by Gasteiger charge is 2.21. The Morgan fingerprint density at radius 2 is 0.714 bits per heavy atom. The van der Waals surface area contributed by atoms with Crippen LogP contribution in [0.15, 0.2) is 203 Å². The molecule has 0 aliphatic carbocycles. The second-order valence-electron chi connectivity index (χ2n) is 14.7. The Bertz CT molecular complexity index is 3470. The number of hydrogen-bond acceptors (Lipinski definition) is 2. The topological polar surface area (TPSA) is 26.3 Å². The van der Waals surface area contributed by atoms with Gasteiger partial charge >= 0.3 is 0 Å². The second kappa shape index (κ2) is 12.0. The van der Waals surface area contributed by atoms with Crippen LogP contribution in [-0.4, -0.2) is 0 Å². The maximum atomic E-state index is 6.45. The van der Waals surface area contributed by atoms with E-state index in [1.807, 2.05) is 18.2 Å². The predicted molar refractivity (Wildman–Crippen MR) is 235 cm³/mol. The Morgan fingerprint density at radius 1 is 0.250 bits per heavy atom. The molecule has 0 N–H and O–H groups in total. The summed E-state index contributed by atoms with van der Waals surface area (Å²) in [6, 6.07) is 69.9. The molecule has 0 unspecified atom stereocenters. The average Bonchev–Trinajstić information content (AvgIpc) is 3.83. The molecule has 2 heteroatoms. The van der Waals surface area contributed by atoms with Crippen LogP contribution in [0.5, 0.6) is 0 Å². The highest BCUT2D eigenvalue weighted by Crippen LogP contribution is 2.47. The van der Waals surface area contributed by atoms with Gasteiger partial charge in [-0.1, -0.05) is 158 Å². The van der Waals surface area contributed by atoms with Crippen LogP contribution < -0.4 is 0 Å². The van der Waals surface area contributed by atoms with Crippen LogP contribution in [0.25, 0.3) is 121 Å². The van der Waals surface area contributed by atoms with Gasteiger partial charge in [-0.15, -0.1) is 0 Å². The quantitative estimate of drug-likeness (QED) is 0.170. The van der Waals surface area contributed by atoms with Gasteiger partial charge in [-0.05, 0) is 108 Å². The summed E-state index contributed by atoms with van der Waals surface area (Å²) in [5.41, 5.74) is 13.1. The smallest absolute Gasteiger partial charge is 0.136 e. The van der Waals surface area contributed by atoms with Crippen LogP contribution >= 0.6 is 0 Å². The van der Waals surface area contributed by atoms with Crippen molar-refractivity contribution in [2.45, 2.75) is 0 Å². The molecular weight excluding hydrogens is 681 g/mol. The third-order valence-electron chi connectivity index (χ3n) is 11.7. The van der Waals surface area contributed by atoms with E-state index in [4.69, 9.17) is 8.83 Å². The summed E-state index contributed by atoms with van der Waals surface area (Å²) in [4.78, 5) is 0. The highest BCUT2D eigenvalue weighted by molar-refractivity contribution is 6.22. The molecule has 12 rings (SSSR count). The molecule has 0 bridgehead atoms. The van der Waals surface area contributed by atoms with Gasteiger partial charge in [-0.25, -0.2) is 0 Å². The van der Waals surface area contributed by atoms with Crippen LogP contribution in [-0.2, 0) is 0 Å². The minimum absolute atomic E-state index is 0.878. The van der Waals surface area contributed by atoms with Crippen LogP contribution in [0.1, 0.15) is 0 Å². The molecule has 12 aromatic rings. The molecule has 0 radical (unpaired) electrons. The Morgan fingerprint density at radius 3 is 1.43 bits per heavy atom. The minimum Gasteiger partial charge on any atom is -0.456 e. The molecule has 0 spiro atoms. The van der Waals surface area contributed by atoms with Gasteiger partial charge in [-0.2, -0.15) is 0 Å². The van der Waals surface area contributed by atoms with Gasteiger partial charge in [0.2, 0.25) is 0 Å². The molecular formula is C54H32O2. The predicted octanol–water partition coefficient (Wildman–Crippen LogP) is 15.6. The highest BCUT2D eigenvalue weighted by atomic mass is 16.3. The van der Waals surface area contributed by atoms with Crippen molar-refractivity contribution in [1.29, 1.82) is 0 Å². The molecule has 2 aromatic heterocycles. The van der Waals surface area contributed by atoms with E-state index in [9.17, 15) is 0 Å². The first kappa shape index (κ1) is 31.0. The zero-order chi connectivity index (χ0) is 36.7. The molecule has 0 saturated heterocycles. The summed E-state index contributed by atoms with van der Waals surface area (Å²) in [7, 11) is 0. The first-order chi connectivity index (χ1) is 27.8. The molecule has 0 aliphatic rings. The molecule has 56 heavy (non-hydrogen) atoms. The van der Waals surface area contributed by atoms with Crippen molar-refractivity contribution in [2.75, 3.05) is 0 Å². The van der Waals surface area contributed by atoms with Gasteiger partial charge in [0.05, 0.1) is 0 Å². The van der Waals surface area contributed by atoms with E-state index in [1.54, 1.807) is 0 Å².